The molecule has 14 heavy (non-hydrogen) atoms. The number of hydrogen-bond donors (Lipinski definition) is 0. The summed E-state index contributed by atoms with van der Waals surface area (Å²) in [5.41, 5.74) is 1.39. The van der Waals surface area contributed by atoms with Crippen LogP contribution >= 0.6 is 0 Å². The summed E-state index contributed by atoms with van der Waals surface area (Å²) >= 11 is 0. The molecule has 0 aliphatic heterocycles. The lowest BCUT2D eigenvalue weighted by atomic mass is 9.88. The average Bonchev–Trinajstić information content (AvgIpc) is 2.17. The van der Waals surface area contributed by atoms with Crippen LogP contribution in [0.15, 0.2) is 24.3 Å². The third-order valence-electron chi connectivity index (χ3n) is 2.82. The van der Waals surface area contributed by atoms with Crippen molar-refractivity contribution in [3.05, 3.63) is 24.3 Å². The van der Waals surface area contributed by atoms with Crippen LogP contribution in [0.1, 0.15) is 53.4 Å². The van der Waals surface area contributed by atoms with Crippen molar-refractivity contribution in [3.8, 4) is 0 Å². The third kappa shape index (κ3) is 5.26. The molecule has 0 fully saturated rings. The molecule has 0 saturated carbocycles. The zero-order valence-electron chi connectivity index (χ0n) is 10.3. The highest BCUT2D eigenvalue weighted by Gasteiger charge is 2.09. The van der Waals surface area contributed by atoms with Gasteiger partial charge in [0.05, 0.1) is 0 Å². The lowest BCUT2D eigenvalue weighted by Gasteiger charge is -2.17. The second-order valence-corrected chi connectivity index (χ2v) is 4.27. The van der Waals surface area contributed by atoms with Gasteiger partial charge in [-0.2, -0.15) is 0 Å². The maximum atomic E-state index is 4.20. The molecule has 2 atom stereocenters. The minimum Gasteiger partial charge on any atom is -0.0990 e. The number of rotatable bonds is 7. The topological polar surface area (TPSA) is 0 Å². The minimum atomic E-state index is 0.545. The Morgan fingerprint density at radius 3 is 2.36 bits per heavy atom. The quantitative estimate of drug-likeness (QED) is 0.502. The van der Waals surface area contributed by atoms with Gasteiger partial charge >= 0.3 is 0 Å². The van der Waals surface area contributed by atoms with E-state index in [1.807, 2.05) is 0 Å². The fourth-order valence-corrected chi connectivity index (χ4v) is 1.66. The molecule has 0 aliphatic carbocycles. The first kappa shape index (κ1) is 13.5. The smallest absolute Gasteiger partial charge is 0.00517 e. The molecule has 0 rings (SSSR count). The summed E-state index contributed by atoms with van der Waals surface area (Å²) in [7, 11) is 0. The van der Waals surface area contributed by atoms with Crippen LogP contribution in [0.25, 0.3) is 0 Å². The molecule has 0 radical (unpaired) electrons. The summed E-state index contributed by atoms with van der Waals surface area (Å²) < 4.78 is 0. The van der Waals surface area contributed by atoms with E-state index in [9.17, 15) is 0 Å². The van der Waals surface area contributed by atoms with Crippen molar-refractivity contribution >= 4 is 0 Å². The van der Waals surface area contributed by atoms with Crippen molar-refractivity contribution in [2.45, 2.75) is 53.4 Å². The molecule has 0 bridgehead atoms. The highest BCUT2D eigenvalue weighted by Crippen LogP contribution is 2.23. The first-order chi connectivity index (χ1) is 6.63. The number of allylic oxidation sites excluding steroid dienone is 3. The first-order valence-electron chi connectivity index (χ1n) is 5.98. The fourth-order valence-electron chi connectivity index (χ4n) is 1.66. The predicted molar refractivity (Wildman–Crippen MR) is 66.4 cm³/mol. The third-order valence-corrected chi connectivity index (χ3v) is 2.82. The van der Waals surface area contributed by atoms with Gasteiger partial charge in [0.25, 0.3) is 0 Å². The van der Waals surface area contributed by atoms with Gasteiger partial charge in [-0.3, -0.25) is 0 Å². The van der Waals surface area contributed by atoms with E-state index < -0.39 is 0 Å². The Morgan fingerprint density at radius 1 is 1.21 bits per heavy atom. The first-order valence-corrected chi connectivity index (χ1v) is 5.98. The summed E-state index contributed by atoms with van der Waals surface area (Å²) in [5, 5.41) is 0. The minimum absolute atomic E-state index is 0.545. The second kappa shape index (κ2) is 7.84. The van der Waals surface area contributed by atoms with E-state index >= 15 is 0 Å². The Hall–Kier alpha value is -0.520. The molecule has 82 valence electrons. The Kier molecular flexibility index (Phi) is 7.55. The molecule has 0 aromatic heterocycles. The highest BCUT2D eigenvalue weighted by molar-refractivity contribution is 5.10. The average molecular weight is 194 g/mol. The van der Waals surface area contributed by atoms with Crippen LogP contribution in [0, 0.1) is 11.8 Å². The molecular formula is C14H26. The summed E-state index contributed by atoms with van der Waals surface area (Å²) in [6.07, 6.45) is 9.54. The normalized spacial score (nSPS) is 15.7. The molecule has 0 aliphatic rings. The molecule has 0 heteroatoms. The Labute approximate surface area is 90.1 Å². The largest absolute Gasteiger partial charge is 0.0990 e. The summed E-state index contributed by atoms with van der Waals surface area (Å²) in [5.74, 6) is 1.21. The highest BCUT2D eigenvalue weighted by atomic mass is 14.1. The lowest BCUT2D eigenvalue weighted by molar-refractivity contribution is 0.558. The Bertz CT molecular complexity index is 176. The summed E-state index contributed by atoms with van der Waals surface area (Å²) in [4.78, 5) is 0. The van der Waals surface area contributed by atoms with Gasteiger partial charge < -0.3 is 0 Å². The molecule has 0 nitrogen and oxygen atoms in total. The molecule has 0 amide bonds. The van der Waals surface area contributed by atoms with Crippen molar-refractivity contribution in [2.24, 2.45) is 11.8 Å². The molecule has 0 N–H and O–H groups in total. The van der Waals surface area contributed by atoms with E-state index in [0.717, 1.165) is 0 Å². The Morgan fingerprint density at radius 2 is 1.86 bits per heavy atom. The van der Waals surface area contributed by atoms with E-state index in [4.69, 9.17) is 0 Å². The van der Waals surface area contributed by atoms with E-state index in [2.05, 4.69) is 46.4 Å². The van der Waals surface area contributed by atoms with Crippen molar-refractivity contribution in [1.29, 1.82) is 0 Å². The Balaban J connectivity index is 3.97. The standard InChI is InChI=1S/C14H26/c1-6-8-9-11-13(4)14(5)12(3)10-7-2/h9,11-13H,5-8,10H2,1-4H3. The van der Waals surface area contributed by atoms with Crippen molar-refractivity contribution in [3.63, 3.8) is 0 Å². The van der Waals surface area contributed by atoms with Gasteiger partial charge in [0.1, 0.15) is 0 Å². The van der Waals surface area contributed by atoms with Gasteiger partial charge in [-0.15, -0.1) is 0 Å². The molecule has 0 aromatic rings. The molecule has 0 aromatic carbocycles. The molecular weight excluding hydrogens is 168 g/mol. The van der Waals surface area contributed by atoms with Gasteiger partial charge in [-0.1, -0.05) is 64.8 Å². The van der Waals surface area contributed by atoms with Crippen LogP contribution < -0.4 is 0 Å². The van der Waals surface area contributed by atoms with Crippen LogP contribution in [-0.2, 0) is 0 Å². The van der Waals surface area contributed by atoms with Crippen LogP contribution in [0.3, 0.4) is 0 Å². The molecule has 0 saturated heterocycles. The number of unbranched alkanes of at least 4 members (excludes halogenated alkanes) is 1. The second-order valence-electron chi connectivity index (χ2n) is 4.27. The maximum absolute atomic E-state index is 4.20. The maximum Gasteiger partial charge on any atom is -0.00517 e. The van der Waals surface area contributed by atoms with Gasteiger partial charge in [0, 0.05) is 0 Å². The summed E-state index contributed by atoms with van der Waals surface area (Å²) in [6, 6.07) is 0. The SMILES string of the molecule is C=C(C(C)C=CCCC)C(C)CCC. The van der Waals surface area contributed by atoms with E-state index in [1.54, 1.807) is 0 Å². The predicted octanol–water partition coefficient (Wildman–Crippen LogP) is 4.97. The van der Waals surface area contributed by atoms with E-state index in [1.165, 1.54) is 31.3 Å². The zero-order chi connectivity index (χ0) is 11.0. The van der Waals surface area contributed by atoms with Crippen LogP contribution in [0.5, 0.6) is 0 Å². The van der Waals surface area contributed by atoms with Crippen LogP contribution in [0.4, 0.5) is 0 Å². The van der Waals surface area contributed by atoms with Gasteiger partial charge in [-0.25, -0.2) is 0 Å². The van der Waals surface area contributed by atoms with Gasteiger partial charge in [0.2, 0.25) is 0 Å². The lowest BCUT2D eigenvalue weighted by Crippen LogP contribution is -2.05. The molecule has 0 spiro atoms. The molecule has 0 heterocycles. The van der Waals surface area contributed by atoms with Gasteiger partial charge in [-0.05, 0) is 24.7 Å². The summed E-state index contributed by atoms with van der Waals surface area (Å²) in [6.45, 7) is 13.2. The fraction of sp³-hybridized carbons (Fsp3) is 0.714. The van der Waals surface area contributed by atoms with E-state index in [0.29, 0.717) is 11.8 Å². The monoisotopic (exact) mass is 194 g/mol. The van der Waals surface area contributed by atoms with E-state index in [-0.39, 0.29) is 0 Å². The zero-order valence-corrected chi connectivity index (χ0v) is 10.3. The molecule has 2 unspecified atom stereocenters. The van der Waals surface area contributed by atoms with Crippen LogP contribution in [0.2, 0.25) is 0 Å². The van der Waals surface area contributed by atoms with Crippen molar-refractivity contribution in [1.82, 2.24) is 0 Å². The number of hydrogen-bond acceptors (Lipinski definition) is 0. The van der Waals surface area contributed by atoms with Gasteiger partial charge in [0.15, 0.2) is 0 Å². The van der Waals surface area contributed by atoms with Crippen LogP contribution in [-0.4, -0.2) is 0 Å². The van der Waals surface area contributed by atoms with Crippen molar-refractivity contribution in [2.75, 3.05) is 0 Å². The van der Waals surface area contributed by atoms with Crippen molar-refractivity contribution < 1.29 is 0 Å².